The second kappa shape index (κ2) is 10.4. The van der Waals surface area contributed by atoms with Crippen molar-refractivity contribution in [2.45, 2.75) is 33.2 Å². The van der Waals surface area contributed by atoms with Crippen molar-refractivity contribution in [2.75, 3.05) is 18.5 Å². The first-order valence-electron chi connectivity index (χ1n) is 11.7. The molecule has 2 aromatic carbocycles. The normalized spacial score (nSPS) is 12.6. The third kappa shape index (κ3) is 4.57. The van der Waals surface area contributed by atoms with Crippen LogP contribution in [0.1, 0.15) is 67.5 Å². The van der Waals surface area contributed by atoms with E-state index in [2.05, 4.69) is 10.4 Å². The number of ether oxygens (including phenoxy) is 1. The number of carbonyl (C=O) groups excluding carboxylic acids is 4. The van der Waals surface area contributed by atoms with Crippen molar-refractivity contribution in [1.29, 1.82) is 0 Å². The second-order valence-electron chi connectivity index (χ2n) is 8.20. The first-order chi connectivity index (χ1) is 17.4. The van der Waals surface area contributed by atoms with Crippen LogP contribution in [0.2, 0.25) is 0 Å². The van der Waals surface area contributed by atoms with Crippen LogP contribution in [0, 0.1) is 0 Å². The number of benzene rings is 2. The quantitative estimate of drug-likeness (QED) is 0.420. The molecular formula is C26H27N5O5. The van der Waals surface area contributed by atoms with Crippen molar-refractivity contribution in [3.8, 4) is 5.75 Å². The molecule has 0 aliphatic carbocycles. The van der Waals surface area contributed by atoms with Gasteiger partial charge < -0.3 is 15.8 Å². The van der Waals surface area contributed by atoms with E-state index in [4.69, 9.17) is 10.5 Å². The fourth-order valence-electron chi connectivity index (χ4n) is 4.22. The Morgan fingerprint density at radius 3 is 2.22 bits per heavy atom. The number of rotatable bonds is 10. The van der Waals surface area contributed by atoms with Gasteiger partial charge in [0.05, 0.1) is 41.2 Å². The number of nitrogens with two attached hydrogens (primary N) is 1. The van der Waals surface area contributed by atoms with Gasteiger partial charge in [-0.2, -0.15) is 5.10 Å². The van der Waals surface area contributed by atoms with E-state index in [1.807, 2.05) is 13.8 Å². The van der Waals surface area contributed by atoms with E-state index in [-0.39, 0.29) is 24.5 Å². The van der Waals surface area contributed by atoms with Gasteiger partial charge in [0, 0.05) is 6.54 Å². The number of hydrogen-bond acceptors (Lipinski definition) is 6. The summed E-state index contributed by atoms with van der Waals surface area (Å²) in [4.78, 5) is 52.2. The fraction of sp³-hybridized carbons (Fsp3) is 0.269. The summed E-state index contributed by atoms with van der Waals surface area (Å²) in [6, 6.07) is 13.4. The summed E-state index contributed by atoms with van der Waals surface area (Å²) in [7, 11) is 0. The Morgan fingerprint density at radius 1 is 0.972 bits per heavy atom. The monoisotopic (exact) mass is 489 g/mol. The number of fused-ring (bicyclic) bond motifs is 1. The van der Waals surface area contributed by atoms with E-state index < -0.39 is 23.6 Å². The number of imide groups is 1. The maximum Gasteiger partial charge on any atom is 0.269 e. The Bertz CT molecular complexity index is 1310. The molecule has 3 N–H and O–H groups in total. The number of aromatic nitrogens is 2. The van der Waals surface area contributed by atoms with Gasteiger partial charge in [-0.3, -0.25) is 28.8 Å². The number of nitrogens with zero attached hydrogens (tertiary/aromatic N) is 3. The molecule has 0 spiro atoms. The van der Waals surface area contributed by atoms with Gasteiger partial charge in [0.15, 0.2) is 0 Å². The summed E-state index contributed by atoms with van der Waals surface area (Å²) in [5, 5.41) is 7.30. The van der Waals surface area contributed by atoms with Crippen LogP contribution in [0.25, 0.3) is 0 Å². The highest BCUT2D eigenvalue weighted by Gasteiger charge is 2.35. The molecule has 186 valence electrons. The molecular weight excluding hydrogens is 462 g/mol. The molecule has 1 aliphatic heterocycles. The minimum absolute atomic E-state index is 0.00250. The minimum Gasteiger partial charge on any atom is -0.493 e. The van der Waals surface area contributed by atoms with Crippen molar-refractivity contribution >= 4 is 29.3 Å². The summed E-state index contributed by atoms with van der Waals surface area (Å²) >= 11 is 0. The number of primary amides is 1. The fourth-order valence-corrected chi connectivity index (χ4v) is 4.22. The third-order valence-corrected chi connectivity index (χ3v) is 5.83. The largest absolute Gasteiger partial charge is 0.493 e. The number of nitrogens with one attached hydrogen (secondary N) is 1. The third-order valence-electron chi connectivity index (χ3n) is 5.83. The van der Waals surface area contributed by atoms with Gasteiger partial charge in [-0.25, -0.2) is 0 Å². The molecule has 10 heteroatoms. The summed E-state index contributed by atoms with van der Waals surface area (Å²) in [5.41, 5.74) is 7.37. The molecule has 4 amide bonds. The lowest BCUT2D eigenvalue weighted by molar-refractivity contribution is 0.0647. The van der Waals surface area contributed by atoms with Crippen LogP contribution in [0.5, 0.6) is 5.75 Å². The Hall–Kier alpha value is -4.47. The summed E-state index contributed by atoms with van der Waals surface area (Å²) in [5.74, 6) is -1.66. The maximum atomic E-state index is 13.2. The van der Waals surface area contributed by atoms with Gasteiger partial charge in [0.2, 0.25) is 0 Å². The highest BCUT2D eigenvalue weighted by atomic mass is 16.5. The molecule has 0 radical (unpaired) electrons. The molecule has 2 heterocycles. The van der Waals surface area contributed by atoms with Gasteiger partial charge in [-0.15, -0.1) is 0 Å². The molecule has 4 rings (SSSR count). The van der Waals surface area contributed by atoms with E-state index in [9.17, 15) is 19.2 Å². The minimum atomic E-state index is -0.791. The van der Waals surface area contributed by atoms with Crippen LogP contribution in [-0.2, 0) is 13.0 Å². The molecule has 36 heavy (non-hydrogen) atoms. The van der Waals surface area contributed by atoms with Crippen LogP contribution in [0.3, 0.4) is 0 Å². The zero-order chi connectivity index (χ0) is 25.8. The molecule has 0 saturated carbocycles. The first kappa shape index (κ1) is 24.6. The first-order valence-corrected chi connectivity index (χ1v) is 11.7. The Morgan fingerprint density at radius 2 is 1.61 bits per heavy atom. The van der Waals surface area contributed by atoms with E-state index in [0.29, 0.717) is 47.6 Å². The number of amides is 4. The average Bonchev–Trinajstić information content (AvgIpc) is 3.32. The topological polar surface area (TPSA) is 137 Å². The summed E-state index contributed by atoms with van der Waals surface area (Å²) in [6.45, 7) is 4.16. The Balaban J connectivity index is 1.63. The predicted molar refractivity (Wildman–Crippen MR) is 132 cm³/mol. The second-order valence-corrected chi connectivity index (χ2v) is 8.20. The SMILES string of the molecule is CCCc1nn(CCN2C(=O)c3ccccc3C2=O)c(C(N)=O)c1NC(=O)c1ccccc1OCC. The zero-order valence-corrected chi connectivity index (χ0v) is 20.1. The van der Waals surface area contributed by atoms with Crippen LogP contribution in [-0.4, -0.2) is 51.5 Å². The molecule has 3 aromatic rings. The van der Waals surface area contributed by atoms with Crippen molar-refractivity contribution < 1.29 is 23.9 Å². The van der Waals surface area contributed by atoms with Crippen LogP contribution < -0.4 is 15.8 Å². The number of hydrogen-bond donors (Lipinski definition) is 2. The molecule has 0 unspecified atom stereocenters. The lowest BCUT2D eigenvalue weighted by Gasteiger charge is -2.15. The average molecular weight is 490 g/mol. The van der Waals surface area contributed by atoms with Crippen molar-refractivity contribution in [1.82, 2.24) is 14.7 Å². The van der Waals surface area contributed by atoms with Crippen LogP contribution >= 0.6 is 0 Å². The highest BCUT2D eigenvalue weighted by molar-refractivity contribution is 6.21. The summed E-state index contributed by atoms with van der Waals surface area (Å²) < 4.78 is 6.90. The van der Waals surface area contributed by atoms with Crippen molar-refractivity contribution in [3.63, 3.8) is 0 Å². The van der Waals surface area contributed by atoms with E-state index in [0.717, 1.165) is 4.90 Å². The zero-order valence-electron chi connectivity index (χ0n) is 20.1. The van der Waals surface area contributed by atoms with Gasteiger partial charge >= 0.3 is 0 Å². The number of aryl methyl sites for hydroxylation is 1. The van der Waals surface area contributed by atoms with E-state index >= 15 is 0 Å². The Labute approximate surface area is 208 Å². The standard InChI is InChI=1S/C26H27N5O5/c1-3-9-19-21(28-24(33)18-12-7-8-13-20(18)36-4-2)22(23(27)32)31(29-19)15-14-30-25(34)16-10-5-6-11-17(16)26(30)35/h5-8,10-13H,3-4,9,14-15H2,1-2H3,(H2,27,32)(H,28,33). The molecule has 0 bridgehead atoms. The van der Waals surface area contributed by atoms with Gasteiger partial charge in [-0.05, 0) is 37.6 Å². The Kier molecular flexibility index (Phi) is 7.14. The van der Waals surface area contributed by atoms with Crippen molar-refractivity contribution in [3.05, 3.63) is 76.6 Å². The van der Waals surface area contributed by atoms with E-state index in [1.165, 1.54) is 4.68 Å². The molecule has 10 nitrogen and oxygen atoms in total. The van der Waals surface area contributed by atoms with Crippen molar-refractivity contribution in [2.24, 2.45) is 5.73 Å². The van der Waals surface area contributed by atoms with E-state index in [1.54, 1.807) is 48.5 Å². The molecule has 1 aromatic heterocycles. The number of para-hydroxylation sites is 1. The number of carbonyl (C=O) groups is 4. The van der Waals surface area contributed by atoms with Crippen LogP contribution in [0.4, 0.5) is 5.69 Å². The molecule has 0 fully saturated rings. The smallest absolute Gasteiger partial charge is 0.269 e. The maximum absolute atomic E-state index is 13.2. The lowest BCUT2D eigenvalue weighted by atomic mass is 10.1. The molecule has 1 aliphatic rings. The van der Waals surface area contributed by atoms with Gasteiger partial charge in [-0.1, -0.05) is 37.6 Å². The highest BCUT2D eigenvalue weighted by Crippen LogP contribution is 2.27. The van der Waals surface area contributed by atoms with Gasteiger partial charge in [0.25, 0.3) is 23.6 Å². The number of anilines is 1. The summed E-state index contributed by atoms with van der Waals surface area (Å²) in [6.07, 6.45) is 1.18. The van der Waals surface area contributed by atoms with Gasteiger partial charge in [0.1, 0.15) is 11.4 Å². The van der Waals surface area contributed by atoms with Crippen LogP contribution in [0.15, 0.2) is 48.5 Å². The molecule has 0 atom stereocenters. The predicted octanol–water partition coefficient (Wildman–Crippen LogP) is 2.88. The lowest BCUT2D eigenvalue weighted by Crippen LogP contribution is -2.34. The molecule has 0 saturated heterocycles.